The number of hydrogen-bond donors (Lipinski definition) is 2. The maximum atomic E-state index is 10.3. The first kappa shape index (κ1) is 26.6. The molecule has 0 heterocycles. The van der Waals surface area contributed by atoms with E-state index < -0.39 is 0 Å². The van der Waals surface area contributed by atoms with Gasteiger partial charge in [-0.25, -0.2) is 0 Å². The molecule has 0 bridgehead atoms. The topological polar surface area (TPSA) is 40.5 Å². The standard InChI is InChI=1S/C28H48O2/c1-20(2)11-8-12-21(3)13-9-14-22(4)15-10-16-23(5)17-18-26-25(7)27(29)19-24(6)28(26)30/h17,19-22,29-30H,8-16,18H2,1-7H3/b23-17+/t21-,22-/m1/s1. The zero-order valence-electron chi connectivity index (χ0n) is 20.9. The van der Waals surface area contributed by atoms with Gasteiger partial charge in [-0.05, 0) is 75.0 Å². The fourth-order valence-corrected chi connectivity index (χ4v) is 4.29. The first-order valence-corrected chi connectivity index (χ1v) is 12.3. The molecule has 0 radical (unpaired) electrons. The van der Waals surface area contributed by atoms with E-state index in [1.54, 1.807) is 6.07 Å². The van der Waals surface area contributed by atoms with Gasteiger partial charge >= 0.3 is 0 Å². The molecule has 0 aliphatic rings. The second-order valence-electron chi connectivity index (χ2n) is 10.3. The van der Waals surface area contributed by atoms with Gasteiger partial charge in [0.15, 0.2) is 0 Å². The zero-order chi connectivity index (χ0) is 22.7. The molecule has 0 saturated carbocycles. The highest BCUT2D eigenvalue weighted by Gasteiger charge is 2.11. The molecule has 0 aliphatic carbocycles. The molecule has 1 rings (SSSR count). The highest BCUT2D eigenvalue weighted by atomic mass is 16.3. The van der Waals surface area contributed by atoms with E-state index in [0.29, 0.717) is 12.2 Å². The third-order valence-electron chi connectivity index (χ3n) is 6.64. The maximum absolute atomic E-state index is 10.3. The molecule has 0 spiro atoms. The second kappa shape index (κ2) is 13.8. The fourth-order valence-electron chi connectivity index (χ4n) is 4.29. The van der Waals surface area contributed by atoms with E-state index in [0.717, 1.165) is 40.9 Å². The van der Waals surface area contributed by atoms with E-state index in [-0.39, 0.29) is 5.75 Å². The van der Waals surface area contributed by atoms with Gasteiger partial charge in [0.05, 0.1) is 0 Å². The quantitative estimate of drug-likeness (QED) is 0.235. The van der Waals surface area contributed by atoms with Crippen LogP contribution in [0.3, 0.4) is 0 Å². The van der Waals surface area contributed by atoms with Crippen molar-refractivity contribution in [3.8, 4) is 11.5 Å². The van der Waals surface area contributed by atoms with Gasteiger partial charge in [0.2, 0.25) is 0 Å². The van der Waals surface area contributed by atoms with Crippen LogP contribution in [0.4, 0.5) is 0 Å². The lowest BCUT2D eigenvalue weighted by atomic mass is 9.91. The minimum atomic E-state index is 0.273. The Hall–Kier alpha value is -1.44. The van der Waals surface area contributed by atoms with Crippen LogP contribution in [0.2, 0.25) is 0 Å². The van der Waals surface area contributed by atoms with Crippen molar-refractivity contribution in [1.82, 2.24) is 0 Å². The second-order valence-corrected chi connectivity index (χ2v) is 10.3. The van der Waals surface area contributed by atoms with E-state index in [9.17, 15) is 10.2 Å². The Kier molecular flexibility index (Phi) is 12.2. The van der Waals surface area contributed by atoms with Crippen LogP contribution in [-0.4, -0.2) is 10.2 Å². The molecule has 2 N–H and O–H groups in total. The van der Waals surface area contributed by atoms with Crippen molar-refractivity contribution in [2.45, 2.75) is 113 Å². The molecule has 0 aromatic heterocycles. The van der Waals surface area contributed by atoms with Crippen molar-refractivity contribution >= 4 is 0 Å². The van der Waals surface area contributed by atoms with Crippen LogP contribution < -0.4 is 0 Å². The average Bonchev–Trinajstić information content (AvgIpc) is 2.66. The number of phenols is 2. The normalized spacial score (nSPS) is 14.3. The molecule has 1 aromatic rings. The van der Waals surface area contributed by atoms with Crippen LogP contribution in [0.5, 0.6) is 11.5 Å². The lowest BCUT2D eigenvalue weighted by Gasteiger charge is -2.15. The first-order valence-electron chi connectivity index (χ1n) is 12.3. The summed E-state index contributed by atoms with van der Waals surface area (Å²) in [4.78, 5) is 0. The van der Waals surface area contributed by atoms with E-state index in [2.05, 4.69) is 40.7 Å². The molecule has 2 heteroatoms. The Morgan fingerprint density at radius 1 is 0.867 bits per heavy atom. The molecule has 0 saturated heterocycles. The molecular weight excluding hydrogens is 368 g/mol. The Morgan fingerprint density at radius 2 is 1.40 bits per heavy atom. The van der Waals surface area contributed by atoms with Gasteiger partial charge in [0.25, 0.3) is 0 Å². The van der Waals surface area contributed by atoms with Crippen LogP contribution >= 0.6 is 0 Å². The largest absolute Gasteiger partial charge is 0.508 e. The van der Waals surface area contributed by atoms with E-state index in [1.165, 1.54) is 56.9 Å². The van der Waals surface area contributed by atoms with Crippen molar-refractivity contribution in [3.05, 3.63) is 34.4 Å². The van der Waals surface area contributed by atoms with Crippen LogP contribution in [-0.2, 0) is 6.42 Å². The number of phenolic OH excluding ortho intramolecular Hbond substituents is 2. The lowest BCUT2D eigenvalue weighted by Crippen LogP contribution is -2.00. The third kappa shape index (κ3) is 10.0. The summed E-state index contributed by atoms with van der Waals surface area (Å²) in [6.45, 7) is 15.4. The predicted octanol–water partition coefficient (Wildman–Crippen LogP) is 8.64. The highest BCUT2D eigenvalue weighted by molar-refractivity contribution is 5.52. The predicted molar refractivity (Wildman–Crippen MR) is 131 cm³/mol. The monoisotopic (exact) mass is 416 g/mol. The van der Waals surface area contributed by atoms with Crippen LogP contribution in [0.1, 0.15) is 109 Å². The van der Waals surface area contributed by atoms with Gasteiger partial charge in [-0.1, -0.05) is 84.3 Å². The molecule has 2 atom stereocenters. The number of hydrogen-bond acceptors (Lipinski definition) is 2. The Labute approximate surface area is 186 Å². The van der Waals surface area contributed by atoms with E-state index >= 15 is 0 Å². The summed E-state index contributed by atoms with van der Waals surface area (Å²) < 4.78 is 0. The Morgan fingerprint density at radius 3 is 1.97 bits per heavy atom. The minimum Gasteiger partial charge on any atom is -0.508 e. The number of aromatic hydroxyl groups is 2. The maximum Gasteiger partial charge on any atom is 0.122 e. The third-order valence-corrected chi connectivity index (χ3v) is 6.64. The average molecular weight is 417 g/mol. The van der Waals surface area contributed by atoms with Crippen molar-refractivity contribution < 1.29 is 10.2 Å². The first-order chi connectivity index (χ1) is 14.1. The van der Waals surface area contributed by atoms with Gasteiger partial charge in [0, 0.05) is 5.56 Å². The summed E-state index contributed by atoms with van der Waals surface area (Å²) in [5, 5.41) is 20.3. The summed E-state index contributed by atoms with van der Waals surface area (Å²) >= 11 is 0. The Balaban J connectivity index is 2.28. The van der Waals surface area contributed by atoms with Gasteiger partial charge in [0.1, 0.15) is 11.5 Å². The molecule has 0 unspecified atom stereocenters. The SMILES string of the molecule is C/C(=C\Cc1c(C)c(O)cc(C)c1O)CCC[C@H](C)CCC[C@H](C)CCCC(C)C. The van der Waals surface area contributed by atoms with Crippen molar-refractivity contribution in [2.24, 2.45) is 17.8 Å². The summed E-state index contributed by atoms with van der Waals surface area (Å²) in [5.74, 6) is 3.12. The lowest BCUT2D eigenvalue weighted by molar-refractivity contribution is 0.389. The molecule has 30 heavy (non-hydrogen) atoms. The van der Waals surface area contributed by atoms with E-state index in [1.807, 2.05) is 13.8 Å². The summed E-state index contributed by atoms with van der Waals surface area (Å²) in [7, 11) is 0. The zero-order valence-corrected chi connectivity index (χ0v) is 20.9. The minimum absolute atomic E-state index is 0.273. The van der Waals surface area contributed by atoms with Gasteiger partial charge in [-0.3, -0.25) is 0 Å². The van der Waals surface area contributed by atoms with Gasteiger partial charge in [-0.15, -0.1) is 0 Å². The molecule has 0 amide bonds. The van der Waals surface area contributed by atoms with Gasteiger partial charge < -0.3 is 10.2 Å². The fraction of sp³-hybridized carbons (Fsp3) is 0.714. The molecule has 172 valence electrons. The van der Waals surface area contributed by atoms with Crippen molar-refractivity contribution in [1.29, 1.82) is 0 Å². The number of benzene rings is 1. The van der Waals surface area contributed by atoms with E-state index in [4.69, 9.17) is 0 Å². The highest BCUT2D eigenvalue weighted by Crippen LogP contribution is 2.33. The van der Waals surface area contributed by atoms with Crippen LogP contribution in [0.15, 0.2) is 17.7 Å². The summed E-state index contributed by atoms with van der Waals surface area (Å²) in [6, 6.07) is 1.64. The molecular formula is C28H48O2. The van der Waals surface area contributed by atoms with Crippen molar-refractivity contribution in [2.75, 3.05) is 0 Å². The Bertz CT molecular complexity index is 631. The molecule has 1 aromatic carbocycles. The summed E-state index contributed by atoms with van der Waals surface area (Å²) in [5.41, 5.74) is 3.75. The molecule has 2 nitrogen and oxygen atoms in total. The van der Waals surface area contributed by atoms with Crippen LogP contribution in [0.25, 0.3) is 0 Å². The molecule has 0 aliphatic heterocycles. The smallest absolute Gasteiger partial charge is 0.122 e. The molecule has 0 fully saturated rings. The number of rotatable bonds is 14. The number of allylic oxidation sites excluding steroid dienone is 2. The summed E-state index contributed by atoms with van der Waals surface area (Å²) in [6.07, 6.45) is 14.8. The van der Waals surface area contributed by atoms with Crippen molar-refractivity contribution in [3.63, 3.8) is 0 Å². The number of aryl methyl sites for hydroxylation is 1. The van der Waals surface area contributed by atoms with Gasteiger partial charge in [-0.2, -0.15) is 0 Å². The van der Waals surface area contributed by atoms with Crippen LogP contribution in [0, 0.1) is 31.6 Å².